The van der Waals surface area contributed by atoms with Crippen molar-refractivity contribution in [1.29, 1.82) is 0 Å². The van der Waals surface area contributed by atoms with Crippen LogP contribution in [0.2, 0.25) is 0 Å². The molecule has 100 valence electrons. The van der Waals surface area contributed by atoms with Crippen molar-refractivity contribution in [2.75, 3.05) is 7.05 Å². The number of carbonyl (C=O) groups excluding carboxylic acids is 1. The third kappa shape index (κ3) is 3.44. The Morgan fingerprint density at radius 2 is 2.05 bits per heavy atom. The first kappa shape index (κ1) is 13.8. The molecule has 0 N–H and O–H groups in total. The van der Waals surface area contributed by atoms with E-state index in [9.17, 15) is 4.79 Å². The van der Waals surface area contributed by atoms with Gasteiger partial charge in [-0.1, -0.05) is 30.3 Å². The van der Waals surface area contributed by atoms with Gasteiger partial charge in [0, 0.05) is 14.1 Å². The Labute approximate surface area is 121 Å². The van der Waals surface area contributed by atoms with Crippen molar-refractivity contribution < 1.29 is 4.79 Å². The van der Waals surface area contributed by atoms with Crippen LogP contribution in [-0.2, 0) is 24.8 Å². The normalized spacial score (nSPS) is 10.5. The quantitative estimate of drug-likeness (QED) is 0.867. The summed E-state index contributed by atoms with van der Waals surface area (Å²) in [6.07, 6.45) is 2.16. The number of nitrogens with zero attached hydrogens (tertiary/aromatic N) is 3. The number of aryl methyl sites for hydroxylation is 1. The molecule has 19 heavy (non-hydrogen) atoms. The molecule has 2 aromatic rings. The first-order valence-electron chi connectivity index (χ1n) is 6.02. The van der Waals surface area contributed by atoms with E-state index < -0.39 is 0 Å². The molecule has 1 aromatic heterocycles. The number of benzene rings is 1. The molecule has 0 aliphatic heterocycles. The molecule has 0 radical (unpaired) electrons. The Balaban J connectivity index is 2.00. The topological polar surface area (TPSA) is 38.1 Å². The second-order valence-corrected chi connectivity index (χ2v) is 5.33. The molecule has 2 rings (SSSR count). The Hall–Kier alpha value is -1.62. The summed E-state index contributed by atoms with van der Waals surface area (Å²) in [6.45, 7) is 0.544. The van der Waals surface area contributed by atoms with E-state index in [1.54, 1.807) is 15.8 Å². The van der Waals surface area contributed by atoms with Crippen molar-refractivity contribution in [2.45, 2.75) is 13.0 Å². The number of likely N-dealkylation sites (N-methyl/N-ethyl adjacent to an activating group) is 1. The second-order valence-electron chi connectivity index (χ2n) is 4.47. The highest BCUT2D eigenvalue weighted by molar-refractivity contribution is 9.10. The molecule has 0 aliphatic rings. The van der Waals surface area contributed by atoms with Crippen molar-refractivity contribution in [3.05, 3.63) is 52.3 Å². The maximum absolute atomic E-state index is 12.1. The summed E-state index contributed by atoms with van der Waals surface area (Å²) in [5.41, 5.74) is 2.02. The van der Waals surface area contributed by atoms with Gasteiger partial charge < -0.3 is 4.90 Å². The van der Waals surface area contributed by atoms with Crippen LogP contribution in [0.4, 0.5) is 0 Å². The summed E-state index contributed by atoms with van der Waals surface area (Å²) in [7, 11) is 3.68. The summed E-state index contributed by atoms with van der Waals surface area (Å²) in [6, 6.07) is 9.77. The largest absolute Gasteiger partial charge is 0.340 e. The lowest BCUT2D eigenvalue weighted by Gasteiger charge is -2.17. The molecule has 0 unspecified atom stereocenters. The minimum atomic E-state index is 0.0966. The highest BCUT2D eigenvalue weighted by atomic mass is 79.9. The molecule has 4 nitrogen and oxygen atoms in total. The maximum Gasteiger partial charge on any atom is 0.227 e. The number of carbonyl (C=O) groups is 1. The van der Waals surface area contributed by atoms with E-state index in [2.05, 4.69) is 21.0 Å². The molecule has 1 aromatic carbocycles. The number of amides is 1. The fraction of sp³-hybridized carbons (Fsp3) is 0.286. The molecule has 0 saturated heterocycles. The lowest BCUT2D eigenvalue weighted by atomic mass is 10.1. The van der Waals surface area contributed by atoms with E-state index in [0.717, 1.165) is 15.7 Å². The average Bonchev–Trinajstić information content (AvgIpc) is 2.71. The maximum atomic E-state index is 12.1. The number of rotatable bonds is 4. The fourth-order valence-electron chi connectivity index (χ4n) is 1.83. The molecule has 0 atom stereocenters. The molecule has 1 amide bonds. The number of hydrogen-bond donors (Lipinski definition) is 0. The molecular weight excluding hydrogens is 306 g/mol. The first-order chi connectivity index (χ1) is 9.08. The van der Waals surface area contributed by atoms with Crippen LogP contribution in [0.5, 0.6) is 0 Å². The molecule has 0 aliphatic carbocycles. The standard InChI is InChI=1S/C14H16BrN3O/c1-17(10-13-12(15)9-16-18(13)2)14(19)8-11-6-4-3-5-7-11/h3-7,9H,8,10H2,1-2H3. The molecule has 5 heteroatoms. The Bertz CT molecular complexity index is 546. The molecular formula is C14H16BrN3O. The van der Waals surface area contributed by atoms with E-state index >= 15 is 0 Å². The zero-order valence-corrected chi connectivity index (χ0v) is 12.6. The highest BCUT2D eigenvalue weighted by Gasteiger charge is 2.14. The number of aromatic nitrogens is 2. The van der Waals surface area contributed by atoms with Gasteiger partial charge in [-0.15, -0.1) is 0 Å². The Kier molecular flexibility index (Phi) is 4.37. The summed E-state index contributed by atoms with van der Waals surface area (Å²) in [4.78, 5) is 13.9. The van der Waals surface area contributed by atoms with Crippen LogP contribution in [0.3, 0.4) is 0 Å². The van der Waals surface area contributed by atoms with E-state index in [1.165, 1.54) is 0 Å². The minimum absolute atomic E-state index is 0.0966. The lowest BCUT2D eigenvalue weighted by molar-refractivity contribution is -0.129. The van der Waals surface area contributed by atoms with Gasteiger partial charge in [-0.25, -0.2) is 0 Å². The molecule has 0 spiro atoms. The van der Waals surface area contributed by atoms with Crippen LogP contribution in [0.25, 0.3) is 0 Å². The SMILES string of the molecule is CN(Cc1c(Br)cnn1C)C(=O)Cc1ccccc1. The van der Waals surface area contributed by atoms with Gasteiger partial charge in [0.15, 0.2) is 0 Å². The molecule has 0 saturated carbocycles. The third-order valence-electron chi connectivity index (χ3n) is 3.02. The number of hydrogen-bond acceptors (Lipinski definition) is 2. The van der Waals surface area contributed by atoms with Crippen molar-refractivity contribution >= 4 is 21.8 Å². The lowest BCUT2D eigenvalue weighted by Crippen LogP contribution is -2.28. The minimum Gasteiger partial charge on any atom is -0.340 e. The fourth-order valence-corrected chi connectivity index (χ4v) is 2.31. The predicted molar refractivity (Wildman–Crippen MR) is 77.5 cm³/mol. The summed E-state index contributed by atoms with van der Waals surface area (Å²) in [5, 5.41) is 4.14. The van der Waals surface area contributed by atoms with Crippen molar-refractivity contribution in [1.82, 2.24) is 14.7 Å². The van der Waals surface area contributed by atoms with E-state index in [-0.39, 0.29) is 5.91 Å². The molecule has 0 fully saturated rings. The monoisotopic (exact) mass is 321 g/mol. The highest BCUT2D eigenvalue weighted by Crippen LogP contribution is 2.17. The van der Waals surface area contributed by atoms with Gasteiger partial charge in [0.1, 0.15) is 0 Å². The van der Waals surface area contributed by atoms with Crippen molar-refractivity contribution in [3.8, 4) is 0 Å². The zero-order valence-electron chi connectivity index (χ0n) is 11.0. The Morgan fingerprint density at radius 1 is 1.37 bits per heavy atom. The van der Waals surface area contributed by atoms with Gasteiger partial charge in [-0.05, 0) is 21.5 Å². The van der Waals surface area contributed by atoms with Gasteiger partial charge in [0.2, 0.25) is 5.91 Å². The van der Waals surface area contributed by atoms with Gasteiger partial charge >= 0.3 is 0 Å². The average molecular weight is 322 g/mol. The smallest absolute Gasteiger partial charge is 0.227 e. The van der Waals surface area contributed by atoms with Crippen LogP contribution < -0.4 is 0 Å². The summed E-state index contributed by atoms with van der Waals surface area (Å²) in [5.74, 6) is 0.0966. The van der Waals surface area contributed by atoms with Gasteiger partial charge in [-0.3, -0.25) is 9.48 Å². The van der Waals surface area contributed by atoms with Crippen LogP contribution >= 0.6 is 15.9 Å². The first-order valence-corrected chi connectivity index (χ1v) is 6.81. The van der Waals surface area contributed by atoms with Gasteiger partial charge in [-0.2, -0.15) is 5.10 Å². The van der Waals surface area contributed by atoms with E-state index in [4.69, 9.17) is 0 Å². The third-order valence-corrected chi connectivity index (χ3v) is 3.68. The molecule has 1 heterocycles. The Morgan fingerprint density at radius 3 is 2.63 bits per heavy atom. The van der Waals surface area contributed by atoms with Crippen LogP contribution in [0, 0.1) is 0 Å². The van der Waals surface area contributed by atoms with Crippen LogP contribution in [0.15, 0.2) is 41.0 Å². The van der Waals surface area contributed by atoms with Crippen LogP contribution in [-0.4, -0.2) is 27.6 Å². The molecule has 0 bridgehead atoms. The summed E-state index contributed by atoms with van der Waals surface area (Å²) < 4.78 is 2.70. The van der Waals surface area contributed by atoms with Gasteiger partial charge in [0.05, 0.1) is 29.3 Å². The second kappa shape index (κ2) is 6.02. The van der Waals surface area contributed by atoms with Crippen molar-refractivity contribution in [3.63, 3.8) is 0 Å². The summed E-state index contributed by atoms with van der Waals surface area (Å²) >= 11 is 3.44. The van der Waals surface area contributed by atoms with E-state index in [0.29, 0.717) is 13.0 Å². The zero-order chi connectivity index (χ0) is 13.8. The number of halogens is 1. The van der Waals surface area contributed by atoms with Crippen molar-refractivity contribution in [2.24, 2.45) is 7.05 Å². The predicted octanol–water partition coefficient (Wildman–Crippen LogP) is 2.38. The van der Waals surface area contributed by atoms with Crippen LogP contribution in [0.1, 0.15) is 11.3 Å². The van der Waals surface area contributed by atoms with E-state index in [1.807, 2.05) is 44.4 Å². The van der Waals surface area contributed by atoms with Gasteiger partial charge in [0.25, 0.3) is 0 Å².